The van der Waals surface area contributed by atoms with Gasteiger partial charge in [0, 0.05) is 0 Å². The van der Waals surface area contributed by atoms with Crippen LogP contribution in [0.4, 0.5) is 0 Å². The quantitative estimate of drug-likeness (QED) is 0.111. The molecule has 0 aromatic heterocycles. The van der Waals surface area contributed by atoms with E-state index in [0.29, 0.717) is 38.9 Å². The third-order valence-electron chi connectivity index (χ3n) is 7.15. The van der Waals surface area contributed by atoms with Gasteiger partial charge >= 0.3 is 426 Å². The minimum absolute atomic E-state index is 0. The van der Waals surface area contributed by atoms with E-state index in [0.717, 1.165) is 0 Å². The van der Waals surface area contributed by atoms with Gasteiger partial charge in [0.25, 0.3) is 0 Å². The van der Waals surface area contributed by atoms with Crippen LogP contribution in [0.3, 0.4) is 0 Å². The van der Waals surface area contributed by atoms with Gasteiger partial charge in [-0.05, 0) is 84.9 Å². The summed E-state index contributed by atoms with van der Waals surface area (Å²) in [5.74, 6) is -6.15. The standard InChI is InChI=1S/7C7H6O2.13Na.13H/c7*8-7(9)6-4-2-1-3-5-6;;;;;;;;;;;;;;;;;;;;;;;;;;/h7*1-5H,(H,8,9);;;;;;;;;;;;;;;;;;;;;;;;;;. The van der Waals surface area contributed by atoms with E-state index < -0.39 is 41.8 Å². The number of carbonyl (C=O) groups is 7. The summed E-state index contributed by atoms with van der Waals surface area (Å²) in [6, 6.07) is 58.1. The number of carboxylic acids is 7. The fourth-order valence-corrected chi connectivity index (χ4v) is 4.07. The molecule has 0 atom stereocenters. The van der Waals surface area contributed by atoms with Crippen LogP contribution in [-0.2, 0) is 0 Å². The van der Waals surface area contributed by atoms with E-state index in [4.69, 9.17) is 35.7 Å². The number of carboxylic acid groups (broad SMARTS) is 7. The number of aromatic carboxylic acids is 7. The molecular weight excluding hydrogens is 1110 g/mol. The zero-order valence-corrected chi connectivity index (χ0v) is 33.2. The Labute approximate surface area is 730 Å². The zero-order valence-electron chi connectivity index (χ0n) is 33.2. The first-order chi connectivity index (χ1) is 30.1. The summed E-state index contributed by atoms with van der Waals surface area (Å²) in [5.41, 5.74) is 2.32. The van der Waals surface area contributed by atoms with Gasteiger partial charge in [0.05, 0.1) is 38.9 Å². The average Bonchev–Trinajstić information content (AvgIpc) is 3.32. The van der Waals surface area contributed by atoms with E-state index in [2.05, 4.69) is 0 Å². The minimum atomic E-state index is -0.879. The number of rotatable bonds is 7. The van der Waals surface area contributed by atoms with Crippen LogP contribution >= 0.6 is 0 Å². The molecule has 27 heteroatoms. The van der Waals surface area contributed by atoms with Crippen LogP contribution < -0.4 is 0 Å². The molecule has 14 nitrogen and oxygen atoms in total. The van der Waals surface area contributed by atoms with Gasteiger partial charge in [-0.25, -0.2) is 33.6 Å². The number of hydrogen-bond donors (Lipinski definition) is 7. The molecule has 7 aromatic rings. The van der Waals surface area contributed by atoms with E-state index >= 15 is 0 Å². The zero-order chi connectivity index (χ0) is 46.8. The van der Waals surface area contributed by atoms with Crippen molar-refractivity contribution in [1.82, 2.24) is 0 Å². The Morgan fingerprint density at radius 2 is 0.224 bits per heavy atom. The van der Waals surface area contributed by atoms with E-state index in [1.807, 2.05) is 0 Å². The van der Waals surface area contributed by atoms with Crippen LogP contribution in [-0.4, -0.2) is 462 Å². The van der Waals surface area contributed by atoms with Crippen molar-refractivity contribution in [3.8, 4) is 0 Å². The monoisotopic (exact) mass is 1170 g/mol. The summed E-state index contributed by atoms with van der Waals surface area (Å²) in [4.78, 5) is 71.4. The van der Waals surface area contributed by atoms with Gasteiger partial charge in [0.15, 0.2) is 0 Å². The van der Waals surface area contributed by atoms with Crippen LogP contribution in [0.15, 0.2) is 212 Å². The topological polar surface area (TPSA) is 261 Å². The molecule has 0 aliphatic carbocycles. The van der Waals surface area contributed by atoms with Gasteiger partial charge in [-0.2, -0.15) is 0 Å². The molecule has 0 aliphatic heterocycles. The molecule has 0 unspecified atom stereocenters. The first kappa shape index (κ1) is 111. The molecule has 0 heterocycles. The molecule has 348 valence electrons. The summed E-state index contributed by atoms with van der Waals surface area (Å²) in [6.07, 6.45) is 0. The number of hydrogen-bond acceptors (Lipinski definition) is 7. The summed E-state index contributed by atoms with van der Waals surface area (Å²) < 4.78 is 0. The molecule has 0 spiro atoms. The van der Waals surface area contributed by atoms with Crippen molar-refractivity contribution in [2.24, 2.45) is 0 Å². The number of benzene rings is 7. The maximum absolute atomic E-state index is 10.2. The van der Waals surface area contributed by atoms with Crippen LogP contribution in [0.1, 0.15) is 72.5 Å². The third-order valence-corrected chi connectivity index (χ3v) is 7.15. The SMILES string of the molecule is O=C(O)c1ccccc1.O=C(O)c1ccccc1.O=C(O)c1ccccc1.O=C(O)c1ccccc1.O=C(O)c1ccccc1.O=C(O)c1ccccc1.O=C(O)c1ccccc1.[NaH].[NaH].[NaH].[NaH].[NaH].[NaH].[NaH].[NaH].[NaH].[NaH].[NaH].[NaH].[NaH]. The molecule has 0 radical (unpaired) electrons. The van der Waals surface area contributed by atoms with Gasteiger partial charge in [0.2, 0.25) is 0 Å². The van der Waals surface area contributed by atoms with Crippen molar-refractivity contribution in [2.45, 2.75) is 0 Å². The Hall–Kier alpha value is 3.83. The molecular formula is C49H55Na13O14. The molecule has 7 rings (SSSR count). The molecule has 0 bridgehead atoms. The molecule has 76 heavy (non-hydrogen) atoms. The van der Waals surface area contributed by atoms with Crippen LogP contribution in [0.2, 0.25) is 0 Å². The third kappa shape index (κ3) is 59.6. The fourth-order valence-electron chi connectivity index (χ4n) is 4.07. The first-order valence-electron chi connectivity index (χ1n) is 18.1. The second-order valence-corrected chi connectivity index (χ2v) is 11.7. The Bertz CT molecular complexity index is 1960. The Kier molecular flexibility index (Phi) is 107. The van der Waals surface area contributed by atoms with Gasteiger partial charge in [0.1, 0.15) is 0 Å². The summed E-state index contributed by atoms with van der Waals surface area (Å²) in [6.45, 7) is 0. The van der Waals surface area contributed by atoms with Crippen molar-refractivity contribution < 1.29 is 69.3 Å². The molecule has 0 saturated carbocycles. The van der Waals surface area contributed by atoms with Crippen molar-refractivity contribution in [3.63, 3.8) is 0 Å². The second kappa shape index (κ2) is 73.1. The Morgan fingerprint density at radius 3 is 0.263 bits per heavy atom. The molecule has 0 amide bonds. The summed E-state index contributed by atoms with van der Waals surface area (Å²) >= 11 is 0. The van der Waals surface area contributed by atoms with Crippen LogP contribution in [0.25, 0.3) is 0 Å². The van der Waals surface area contributed by atoms with Gasteiger partial charge in [-0.3, -0.25) is 0 Å². The maximum atomic E-state index is 10.2. The first-order valence-corrected chi connectivity index (χ1v) is 18.1. The van der Waals surface area contributed by atoms with Crippen molar-refractivity contribution in [1.29, 1.82) is 0 Å². The van der Waals surface area contributed by atoms with E-state index in [9.17, 15) is 33.6 Å². The van der Waals surface area contributed by atoms with Gasteiger partial charge < -0.3 is 35.7 Å². The summed E-state index contributed by atoms with van der Waals surface area (Å²) in [5, 5.41) is 58.7. The van der Waals surface area contributed by atoms with Crippen molar-refractivity contribution >= 4 is 426 Å². The van der Waals surface area contributed by atoms with Gasteiger partial charge in [-0.15, -0.1) is 0 Å². The second-order valence-electron chi connectivity index (χ2n) is 11.7. The normalized spacial score (nSPS) is 7.37. The molecule has 0 aliphatic rings. The van der Waals surface area contributed by atoms with E-state index in [-0.39, 0.29) is 384 Å². The van der Waals surface area contributed by atoms with E-state index in [1.165, 1.54) is 0 Å². The van der Waals surface area contributed by atoms with Crippen molar-refractivity contribution in [2.75, 3.05) is 0 Å². The predicted octanol–water partition coefficient (Wildman–Crippen LogP) is 1.26. The van der Waals surface area contributed by atoms with Crippen LogP contribution in [0.5, 0.6) is 0 Å². The molecule has 0 saturated heterocycles. The summed E-state index contributed by atoms with van der Waals surface area (Å²) in [7, 11) is 0. The van der Waals surface area contributed by atoms with Gasteiger partial charge in [-0.1, -0.05) is 127 Å². The van der Waals surface area contributed by atoms with E-state index in [1.54, 1.807) is 212 Å². The fraction of sp³-hybridized carbons (Fsp3) is 0. The van der Waals surface area contributed by atoms with Crippen LogP contribution in [0, 0.1) is 0 Å². The Morgan fingerprint density at radius 1 is 0.158 bits per heavy atom. The Balaban J connectivity index is -0.0000000539. The molecule has 7 N–H and O–H groups in total. The van der Waals surface area contributed by atoms with Crippen molar-refractivity contribution in [3.05, 3.63) is 251 Å². The predicted molar refractivity (Wildman–Crippen MR) is 327 cm³/mol. The average molecular weight is 1170 g/mol. The molecule has 0 fully saturated rings. The molecule has 7 aromatic carbocycles.